The number of aromatic nitrogens is 3. The largest absolute Gasteiger partial charge is 0.495 e. The molecule has 0 aliphatic rings. The summed E-state index contributed by atoms with van der Waals surface area (Å²) in [6.45, 7) is 0. The second-order valence-corrected chi connectivity index (χ2v) is 5.07. The summed E-state index contributed by atoms with van der Waals surface area (Å²) in [5.74, 6) is 0.609. The van der Waals surface area contributed by atoms with Crippen LogP contribution in [0.1, 0.15) is 0 Å². The van der Waals surface area contributed by atoms with E-state index in [1.165, 1.54) is 0 Å². The van der Waals surface area contributed by atoms with Gasteiger partial charge in [-0.1, -0.05) is 36.4 Å². The number of fused-ring (bicyclic) bond motifs is 2. The smallest absolute Gasteiger partial charge is 0.144 e. The number of hydrogen-bond acceptors (Lipinski definition) is 4. The molecule has 1 heterocycles. The van der Waals surface area contributed by atoms with E-state index < -0.39 is 0 Å². The van der Waals surface area contributed by atoms with Crippen LogP contribution in [0.2, 0.25) is 0 Å². The third-order valence-corrected chi connectivity index (χ3v) is 3.71. The number of methoxy groups -OCH3 is 1. The number of nitrogens with zero attached hydrogens (tertiary/aromatic N) is 3. The van der Waals surface area contributed by atoms with Gasteiger partial charge in [0.25, 0.3) is 0 Å². The average molecular weight is 290 g/mol. The van der Waals surface area contributed by atoms with Gasteiger partial charge in [0.2, 0.25) is 0 Å². The average Bonchev–Trinajstić information content (AvgIpc) is 2.96. The van der Waals surface area contributed by atoms with Crippen molar-refractivity contribution in [3.05, 3.63) is 54.6 Å². The third-order valence-electron chi connectivity index (χ3n) is 3.71. The first-order valence-electron chi connectivity index (χ1n) is 6.95. The van der Waals surface area contributed by atoms with E-state index in [2.05, 4.69) is 28.4 Å². The van der Waals surface area contributed by atoms with E-state index in [0.717, 1.165) is 27.5 Å². The lowest BCUT2D eigenvalue weighted by atomic mass is 10.1. The lowest BCUT2D eigenvalue weighted by Gasteiger charge is -2.04. The molecule has 5 heteroatoms. The van der Waals surface area contributed by atoms with Crippen LogP contribution in [0.5, 0.6) is 5.75 Å². The summed E-state index contributed by atoms with van der Waals surface area (Å²) < 4.78 is 5.24. The van der Waals surface area contributed by atoms with Crippen LogP contribution < -0.4 is 10.5 Å². The van der Waals surface area contributed by atoms with Crippen molar-refractivity contribution < 1.29 is 4.74 Å². The Bertz CT molecular complexity index is 985. The topological polar surface area (TPSA) is 66.0 Å². The summed E-state index contributed by atoms with van der Waals surface area (Å²) in [6, 6.07) is 17.8. The van der Waals surface area contributed by atoms with Gasteiger partial charge in [0.15, 0.2) is 0 Å². The molecular formula is C17H14N4O. The molecule has 3 aromatic carbocycles. The second kappa shape index (κ2) is 4.73. The number of ether oxygens (including phenoxy) is 1. The highest BCUT2D eigenvalue weighted by Gasteiger charge is 2.10. The van der Waals surface area contributed by atoms with Crippen molar-refractivity contribution in [1.29, 1.82) is 0 Å². The van der Waals surface area contributed by atoms with Gasteiger partial charge in [-0.2, -0.15) is 0 Å². The Morgan fingerprint density at radius 1 is 0.955 bits per heavy atom. The van der Waals surface area contributed by atoms with Gasteiger partial charge in [-0.3, -0.25) is 0 Å². The highest BCUT2D eigenvalue weighted by molar-refractivity contribution is 5.90. The fourth-order valence-electron chi connectivity index (χ4n) is 2.63. The molecule has 5 nitrogen and oxygen atoms in total. The zero-order chi connectivity index (χ0) is 15.1. The zero-order valence-electron chi connectivity index (χ0n) is 12.0. The Hall–Kier alpha value is -3.08. The molecule has 22 heavy (non-hydrogen) atoms. The summed E-state index contributed by atoms with van der Waals surface area (Å²) in [5, 5.41) is 11.3. The maximum absolute atomic E-state index is 5.93. The summed E-state index contributed by atoms with van der Waals surface area (Å²) in [4.78, 5) is 1.64. The van der Waals surface area contributed by atoms with Crippen molar-refractivity contribution >= 4 is 27.5 Å². The molecular weight excluding hydrogens is 276 g/mol. The van der Waals surface area contributed by atoms with E-state index in [-0.39, 0.29) is 0 Å². The van der Waals surface area contributed by atoms with Gasteiger partial charge >= 0.3 is 0 Å². The molecule has 0 spiro atoms. The molecule has 2 N–H and O–H groups in total. The van der Waals surface area contributed by atoms with Crippen molar-refractivity contribution in [2.75, 3.05) is 12.8 Å². The Kier molecular flexibility index (Phi) is 2.72. The molecule has 0 radical (unpaired) electrons. The van der Waals surface area contributed by atoms with Gasteiger partial charge in [0.05, 0.1) is 18.5 Å². The van der Waals surface area contributed by atoms with Crippen molar-refractivity contribution in [3.8, 4) is 11.4 Å². The minimum atomic E-state index is 0.556. The van der Waals surface area contributed by atoms with Crippen LogP contribution in [-0.4, -0.2) is 22.1 Å². The molecule has 0 aliphatic heterocycles. The van der Waals surface area contributed by atoms with Crippen molar-refractivity contribution in [3.63, 3.8) is 0 Å². The van der Waals surface area contributed by atoms with Gasteiger partial charge in [0.1, 0.15) is 16.8 Å². The highest BCUT2D eigenvalue weighted by Crippen LogP contribution is 2.27. The number of nitrogens with two attached hydrogens (primary N) is 1. The van der Waals surface area contributed by atoms with Crippen LogP contribution in [0.15, 0.2) is 54.6 Å². The molecule has 0 saturated carbocycles. The number of rotatable bonds is 2. The Balaban J connectivity index is 1.97. The van der Waals surface area contributed by atoms with Gasteiger partial charge in [-0.15, -0.1) is 15.0 Å². The molecule has 0 saturated heterocycles. The number of benzene rings is 3. The minimum Gasteiger partial charge on any atom is -0.495 e. The predicted octanol–water partition coefficient (Wildman–Crippen LogP) is 3.16. The van der Waals surface area contributed by atoms with Crippen molar-refractivity contribution in [2.24, 2.45) is 0 Å². The molecule has 0 amide bonds. The Morgan fingerprint density at radius 2 is 1.68 bits per heavy atom. The second-order valence-electron chi connectivity index (χ2n) is 5.07. The fourth-order valence-corrected chi connectivity index (χ4v) is 2.63. The number of anilines is 1. The highest BCUT2D eigenvalue weighted by atomic mass is 16.5. The van der Waals surface area contributed by atoms with E-state index in [9.17, 15) is 0 Å². The van der Waals surface area contributed by atoms with Crippen LogP contribution in [0, 0.1) is 0 Å². The number of nitrogen functional groups attached to an aromatic ring is 1. The third kappa shape index (κ3) is 1.87. The molecule has 4 rings (SSSR count). The quantitative estimate of drug-likeness (QED) is 0.576. The maximum Gasteiger partial charge on any atom is 0.144 e. The van der Waals surface area contributed by atoms with Crippen LogP contribution in [0.4, 0.5) is 5.69 Å². The van der Waals surface area contributed by atoms with Crippen molar-refractivity contribution in [1.82, 2.24) is 15.0 Å². The van der Waals surface area contributed by atoms with Crippen LogP contribution in [0.3, 0.4) is 0 Å². The monoisotopic (exact) mass is 290 g/mol. The zero-order valence-corrected chi connectivity index (χ0v) is 12.0. The lowest BCUT2D eigenvalue weighted by Crippen LogP contribution is -1.99. The van der Waals surface area contributed by atoms with Gasteiger partial charge in [-0.25, -0.2) is 0 Å². The lowest BCUT2D eigenvalue weighted by molar-refractivity contribution is 0.417. The predicted molar refractivity (Wildman–Crippen MR) is 87.3 cm³/mol. The van der Waals surface area contributed by atoms with Crippen molar-refractivity contribution in [2.45, 2.75) is 0 Å². The summed E-state index contributed by atoms with van der Waals surface area (Å²) in [7, 11) is 1.59. The Morgan fingerprint density at radius 3 is 2.50 bits per heavy atom. The molecule has 0 bridgehead atoms. The summed E-state index contributed by atoms with van der Waals surface area (Å²) in [5.41, 5.74) is 8.92. The molecule has 0 unspecified atom stereocenters. The molecule has 0 atom stereocenters. The maximum atomic E-state index is 5.93. The van der Waals surface area contributed by atoms with E-state index in [1.807, 2.05) is 24.3 Å². The standard InChI is InChI=1S/C17H14N4O/c1-22-17-10-15-14(9-13(17)18)19-21(20-15)16-8-4-6-11-5-2-3-7-12(11)16/h2-10H,18H2,1H3. The van der Waals surface area contributed by atoms with Crippen LogP contribution in [0.25, 0.3) is 27.5 Å². The van der Waals surface area contributed by atoms with E-state index in [0.29, 0.717) is 11.4 Å². The first kappa shape index (κ1) is 12.6. The van der Waals surface area contributed by atoms with E-state index in [4.69, 9.17) is 10.5 Å². The van der Waals surface area contributed by atoms with Crippen LogP contribution >= 0.6 is 0 Å². The normalized spacial score (nSPS) is 11.1. The first-order valence-corrected chi connectivity index (χ1v) is 6.95. The number of hydrogen-bond donors (Lipinski definition) is 1. The molecule has 4 aromatic rings. The molecule has 0 fully saturated rings. The molecule has 1 aromatic heterocycles. The van der Waals surface area contributed by atoms with Gasteiger partial charge in [-0.05, 0) is 17.5 Å². The van der Waals surface area contributed by atoms with Gasteiger partial charge in [0, 0.05) is 11.5 Å². The fraction of sp³-hybridized carbons (Fsp3) is 0.0588. The summed E-state index contributed by atoms with van der Waals surface area (Å²) >= 11 is 0. The Labute approximate surface area is 126 Å². The van der Waals surface area contributed by atoms with Crippen LogP contribution in [-0.2, 0) is 0 Å². The first-order chi connectivity index (χ1) is 10.8. The van der Waals surface area contributed by atoms with Gasteiger partial charge < -0.3 is 10.5 Å². The molecule has 108 valence electrons. The SMILES string of the molecule is COc1cc2nn(-c3cccc4ccccc34)nc2cc1N. The van der Waals surface area contributed by atoms with E-state index in [1.54, 1.807) is 24.0 Å². The van der Waals surface area contributed by atoms with E-state index >= 15 is 0 Å². The summed E-state index contributed by atoms with van der Waals surface area (Å²) in [6.07, 6.45) is 0. The molecule has 0 aliphatic carbocycles. The minimum absolute atomic E-state index is 0.556.